The molecule has 1 aromatic heterocycles. The van der Waals surface area contributed by atoms with Crippen LogP contribution in [0.2, 0.25) is 0 Å². The smallest absolute Gasteiger partial charge is 0.437 e. The summed E-state index contributed by atoms with van der Waals surface area (Å²) in [6, 6.07) is 26.5. The number of aryl methyl sites for hydroxylation is 1. The van der Waals surface area contributed by atoms with Crippen LogP contribution in [-0.2, 0) is 102 Å². The predicted molar refractivity (Wildman–Crippen MR) is 493 cm³/mol. The van der Waals surface area contributed by atoms with Crippen molar-refractivity contribution < 1.29 is 96.3 Å². The Morgan fingerprint density at radius 2 is 0.566 bits per heavy atom. The number of carbonyl (C=O) groups excluding carboxylic acids is 8. The second-order valence-electron chi connectivity index (χ2n) is 39.1. The lowest BCUT2D eigenvalue weighted by molar-refractivity contribution is 0.0542. The zero-order valence-corrected chi connectivity index (χ0v) is 79.1. The van der Waals surface area contributed by atoms with E-state index >= 15 is 0 Å². The number of nitrogens with zero attached hydrogens (tertiary/aromatic N) is 5. The summed E-state index contributed by atoms with van der Waals surface area (Å²) in [6.07, 6.45) is -3.02. The van der Waals surface area contributed by atoms with Crippen molar-refractivity contribution in [2.75, 3.05) is 38.1 Å². The number of guanidine groups is 4. The molecule has 34 heteroatoms. The predicted octanol–water partition coefficient (Wildman–Crippen LogP) is 16.3. The number of amides is 8. The van der Waals surface area contributed by atoms with Crippen molar-refractivity contribution >= 4 is 78.3 Å². The van der Waals surface area contributed by atoms with Crippen molar-refractivity contribution in [3.8, 4) is 23.0 Å². The SMILES string of the molecule is CC(C)(C)OC(=O)/N=C(/NCCc1cc2c(O)c(c1)Cc1cc(CCN/C(=N\C(=O)OC(C)(C)C)NC(=O)OC(C)(C)C)cc(c1O)Cc1cc(CCN/C(=N\C(=O)OC(C)(C)C)NC(=O)OC(C)(C)C)cc(c1OCCCc1ccc(NCc3ccncc3)cc1)Cc1cc(CCN/C(=N/C(=O)OC(C)(C)C)NC(=O)OC(C)(C)C)cc(c1O)C2)NC(=O)OC(C)(C)C. The van der Waals surface area contributed by atoms with E-state index in [1.54, 1.807) is 203 Å². The van der Waals surface area contributed by atoms with Crippen LogP contribution in [0.4, 0.5) is 44.0 Å². The Kier molecular flexibility index (Phi) is 35.7. The van der Waals surface area contributed by atoms with E-state index in [1.807, 2.05) is 60.7 Å². The maximum atomic E-state index is 13.5. The third kappa shape index (κ3) is 39.5. The van der Waals surface area contributed by atoms with Gasteiger partial charge in [-0.3, -0.25) is 26.3 Å². The molecule has 34 nitrogen and oxygen atoms in total. The van der Waals surface area contributed by atoms with Gasteiger partial charge in [-0.15, -0.1) is 20.0 Å². The lowest BCUT2D eigenvalue weighted by atomic mass is 9.87. The maximum Gasteiger partial charge on any atom is 0.437 e. The first-order chi connectivity index (χ1) is 59.8. The number of carbonyl (C=O) groups is 8. The molecule has 8 amide bonds. The molecule has 1 aliphatic carbocycles. The van der Waals surface area contributed by atoms with Gasteiger partial charge in [-0.05, 0) is 307 Å². The molecule has 0 aliphatic heterocycles. The van der Waals surface area contributed by atoms with Gasteiger partial charge in [0.05, 0.1) is 6.61 Å². The van der Waals surface area contributed by atoms with Crippen LogP contribution in [0.3, 0.4) is 0 Å². The number of aromatic nitrogens is 1. The molecule has 0 spiro atoms. The topological polar surface area (TPSA) is 451 Å². The Morgan fingerprint density at radius 3 is 0.822 bits per heavy atom. The minimum absolute atomic E-state index is 0.00208. The summed E-state index contributed by atoms with van der Waals surface area (Å²) in [7, 11) is 0. The maximum absolute atomic E-state index is 13.5. The van der Waals surface area contributed by atoms with E-state index in [4.69, 9.17) is 42.6 Å². The van der Waals surface area contributed by atoms with Gasteiger partial charge in [0.2, 0.25) is 23.8 Å². The Labute approximate surface area is 756 Å². The summed E-state index contributed by atoms with van der Waals surface area (Å²) >= 11 is 0. The van der Waals surface area contributed by atoms with E-state index in [0.29, 0.717) is 91.9 Å². The number of hydrogen-bond donors (Lipinski definition) is 12. The average Bonchev–Trinajstić information content (AvgIpc) is 0.771. The third-order valence-corrected chi connectivity index (χ3v) is 17.6. The number of nitrogens with one attached hydrogen (secondary N) is 9. The number of phenolic OH excluding ortho intramolecular Hbond substituents is 3. The van der Waals surface area contributed by atoms with E-state index in [0.717, 1.165) is 16.8 Å². The Hall–Kier alpha value is -12.9. The highest BCUT2D eigenvalue weighted by molar-refractivity contribution is 6.01. The highest BCUT2D eigenvalue weighted by atomic mass is 16.6. The average molecular weight is 1790 g/mol. The minimum Gasteiger partial charge on any atom is -0.507 e. The number of phenols is 3. The molecule has 0 atom stereocenters. The summed E-state index contributed by atoms with van der Waals surface area (Å²) in [5, 5.41) is 65.5. The normalized spacial score (nSPS) is 13.1. The van der Waals surface area contributed by atoms with Crippen LogP contribution in [0.15, 0.2) is 117 Å². The van der Waals surface area contributed by atoms with E-state index in [-0.39, 0.29) is 125 Å². The molecule has 0 saturated heterocycles. The van der Waals surface area contributed by atoms with Crippen LogP contribution in [0.1, 0.15) is 250 Å². The highest BCUT2D eigenvalue weighted by Crippen LogP contribution is 2.41. The van der Waals surface area contributed by atoms with Gasteiger partial charge < -0.3 is 84.5 Å². The molecular formula is C95H132N14O20. The number of aliphatic imine (C=N–C) groups is 4. The molecule has 12 N–H and O–H groups in total. The van der Waals surface area contributed by atoms with E-state index < -0.39 is 93.6 Å². The Morgan fingerprint density at radius 1 is 0.318 bits per heavy atom. The van der Waals surface area contributed by atoms with E-state index in [9.17, 15) is 53.7 Å². The van der Waals surface area contributed by atoms with Gasteiger partial charge in [0.1, 0.15) is 67.8 Å². The van der Waals surface area contributed by atoms with Crippen molar-refractivity contribution in [1.29, 1.82) is 0 Å². The summed E-state index contributed by atoms with van der Waals surface area (Å²) in [5.74, 6) is -1.29. The molecule has 5 aromatic carbocycles. The number of fused-ring (bicyclic) bond motifs is 8. The molecule has 702 valence electrons. The summed E-state index contributed by atoms with van der Waals surface area (Å²) in [4.78, 5) is 128. The molecule has 1 aliphatic rings. The van der Waals surface area contributed by atoms with Crippen LogP contribution < -0.4 is 52.6 Å². The van der Waals surface area contributed by atoms with Crippen molar-refractivity contribution in [3.05, 3.63) is 175 Å². The van der Waals surface area contributed by atoms with Crippen LogP contribution in [0.25, 0.3) is 0 Å². The van der Waals surface area contributed by atoms with Gasteiger partial charge in [-0.2, -0.15) is 0 Å². The fraction of sp³-hybridized carbons (Fsp3) is 0.505. The number of ether oxygens (including phenoxy) is 9. The molecule has 8 bridgehead atoms. The second kappa shape index (κ2) is 44.7. The Balaban J connectivity index is 1.49. The first-order valence-corrected chi connectivity index (χ1v) is 43.0. The van der Waals surface area contributed by atoms with Crippen LogP contribution in [0.5, 0.6) is 23.0 Å². The molecule has 7 rings (SSSR count). The quantitative estimate of drug-likeness (QED) is 0.0146. The molecule has 0 radical (unpaired) electrons. The van der Waals surface area contributed by atoms with Crippen LogP contribution in [0, 0.1) is 0 Å². The van der Waals surface area contributed by atoms with E-state index in [1.165, 1.54) is 0 Å². The molecule has 6 aromatic rings. The molecule has 129 heavy (non-hydrogen) atoms. The van der Waals surface area contributed by atoms with E-state index in [2.05, 4.69) is 72.8 Å². The monoisotopic (exact) mass is 1790 g/mol. The van der Waals surface area contributed by atoms with Gasteiger partial charge in [-0.1, -0.05) is 60.7 Å². The summed E-state index contributed by atoms with van der Waals surface area (Å²) in [6.45, 7) is 40.9. The molecule has 0 unspecified atom stereocenters. The van der Waals surface area contributed by atoms with Gasteiger partial charge in [0.25, 0.3) is 0 Å². The zero-order chi connectivity index (χ0) is 95.8. The number of pyridine rings is 1. The number of hydrogen-bond acceptors (Lipinski definition) is 22. The van der Waals surface area contributed by atoms with Gasteiger partial charge >= 0.3 is 48.7 Å². The number of benzene rings is 5. The molecule has 0 fully saturated rings. The minimum atomic E-state index is -1.01. The summed E-state index contributed by atoms with van der Waals surface area (Å²) < 4.78 is 51.6. The van der Waals surface area contributed by atoms with Gasteiger partial charge in [0.15, 0.2) is 0 Å². The number of aromatic hydroxyl groups is 3. The second-order valence-corrected chi connectivity index (χ2v) is 39.1. The first-order valence-electron chi connectivity index (χ1n) is 43.0. The standard InChI is InChI=1S/C95H132N14O20/c1-88(2,3)122-80(113)102-76(103-81(114)123-89(4,5)6)97-39-33-59-44-63-52-65-46-60(34-40-98-77(104-82(115)124-90(7,8)9)105-83(116)125-91(10,11)12)48-67(73(65)111)54-69-50-62(36-42-100-79(108-86(119)128-94(19,20)21)109-87(120)129-95(22,23)24)51-70(75(69)121-43-25-26-57-27-29-71(30-28-57)101-56-58-31-37-96-38-32-58)55-68-49-61(47-66(74(68)112)53-64(45-59)72(63)110)35-41-99-78(106-84(117)126-92(13,14)15)107-85(118)127-93(16,17)18/h27-32,37-38,44-51,101,110-112H,25-26,33-36,39-43,52-56H2,1-24H3,(H2,97,102,103,113,114)(H2,98,104,105,115,116)(H2,99,106,107,117,118)(H2,100,108,109,119,120). The fourth-order valence-electron chi connectivity index (χ4n) is 12.8. The summed E-state index contributed by atoms with van der Waals surface area (Å²) in [5.41, 5.74) is 0.874. The van der Waals surface area contributed by atoms with Crippen LogP contribution in [-0.4, -0.2) is 170 Å². The number of alkyl carbamates (subject to hydrolysis) is 4. The van der Waals surface area contributed by atoms with Gasteiger partial charge in [0, 0.05) is 76.5 Å². The highest BCUT2D eigenvalue weighted by Gasteiger charge is 2.30. The molecule has 1 heterocycles. The fourth-order valence-corrected chi connectivity index (χ4v) is 12.8. The van der Waals surface area contributed by atoms with Crippen molar-refractivity contribution in [3.63, 3.8) is 0 Å². The largest absolute Gasteiger partial charge is 0.507 e. The third-order valence-electron chi connectivity index (χ3n) is 17.6. The number of anilines is 1. The first kappa shape index (κ1) is 103. The van der Waals surface area contributed by atoms with Crippen molar-refractivity contribution in [2.45, 2.75) is 282 Å². The lowest BCUT2D eigenvalue weighted by Gasteiger charge is -2.23. The zero-order valence-electron chi connectivity index (χ0n) is 79.1. The van der Waals surface area contributed by atoms with Crippen molar-refractivity contribution in [1.82, 2.24) is 47.5 Å². The molecule has 0 saturated carbocycles. The molecular weight excluding hydrogens is 1660 g/mol. The number of rotatable bonds is 20. The van der Waals surface area contributed by atoms with Crippen molar-refractivity contribution in [2.24, 2.45) is 20.0 Å². The van der Waals surface area contributed by atoms with Gasteiger partial charge in [-0.25, -0.2) is 38.4 Å². The Bertz CT molecular complexity index is 4890. The lowest BCUT2D eigenvalue weighted by Crippen LogP contribution is -2.44. The van der Waals surface area contributed by atoms with Crippen LogP contribution >= 0.6 is 0 Å².